The first kappa shape index (κ1) is 15.3. The molecule has 1 aromatic carbocycles. The number of hydrogen-bond acceptors (Lipinski definition) is 3. The molecular weight excluding hydrogens is 300 g/mol. The van der Waals surface area contributed by atoms with Crippen LogP contribution in [0.25, 0.3) is 0 Å². The number of sulfonamides is 1. The van der Waals surface area contributed by atoms with Crippen LogP contribution in [0.2, 0.25) is 5.02 Å². The van der Waals surface area contributed by atoms with Gasteiger partial charge in [0.2, 0.25) is 10.0 Å². The van der Waals surface area contributed by atoms with Gasteiger partial charge in [0.1, 0.15) is 0 Å². The van der Waals surface area contributed by atoms with Crippen molar-refractivity contribution < 1.29 is 13.2 Å². The number of carbonyl (C=O) groups is 1. The first-order valence-corrected chi connectivity index (χ1v) is 8.20. The molecule has 0 aromatic heterocycles. The maximum atomic E-state index is 12.2. The van der Waals surface area contributed by atoms with Crippen LogP contribution in [0.1, 0.15) is 42.1 Å². The summed E-state index contributed by atoms with van der Waals surface area (Å²) in [5.41, 5.74) is 0.342. The molecule has 20 heavy (non-hydrogen) atoms. The molecule has 1 fully saturated rings. The third kappa shape index (κ3) is 2.97. The zero-order chi connectivity index (χ0) is 15.1. The minimum Gasteiger partial charge on any atom is -0.347 e. The van der Waals surface area contributed by atoms with Crippen molar-refractivity contribution in [3.63, 3.8) is 0 Å². The van der Waals surface area contributed by atoms with E-state index in [9.17, 15) is 13.2 Å². The summed E-state index contributed by atoms with van der Waals surface area (Å²) in [6, 6.07) is 2.73. The largest absolute Gasteiger partial charge is 0.347 e. The highest BCUT2D eigenvalue weighted by Gasteiger charge is 2.33. The molecule has 0 heterocycles. The van der Waals surface area contributed by atoms with Crippen molar-refractivity contribution in [2.45, 2.75) is 43.5 Å². The van der Waals surface area contributed by atoms with Crippen molar-refractivity contribution in [1.29, 1.82) is 0 Å². The zero-order valence-corrected chi connectivity index (χ0v) is 12.9. The minimum absolute atomic E-state index is 0.117. The van der Waals surface area contributed by atoms with Crippen molar-refractivity contribution in [2.24, 2.45) is 5.14 Å². The van der Waals surface area contributed by atoms with Gasteiger partial charge in [0, 0.05) is 16.1 Å². The van der Waals surface area contributed by atoms with Gasteiger partial charge in [-0.1, -0.05) is 11.6 Å². The van der Waals surface area contributed by atoms with E-state index in [2.05, 4.69) is 5.32 Å². The number of benzene rings is 1. The lowest BCUT2D eigenvalue weighted by molar-refractivity contribution is 0.0850. The Hall–Kier alpha value is -1.11. The van der Waals surface area contributed by atoms with Crippen LogP contribution in [0.15, 0.2) is 17.0 Å². The number of rotatable bonds is 3. The van der Waals surface area contributed by atoms with Gasteiger partial charge in [0.25, 0.3) is 5.91 Å². The van der Waals surface area contributed by atoms with Gasteiger partial charge < -0.3 is 5.32 Å². The molecule has 1 amide bonds. The van der Waals surface area contributed by atoms with Crippen LogP contribution in [0, 0.1) is 6.92 Å². The van der Waals surface area contributed by atoms with Crippen LogP contribution in [-0.2, 0) is 10.0 Å². The van der Waals surface area contributed by atoms with Gasteiger partial charge >= 0.3 is 0 Å². The summed E-state index contributed by atoms with van der Waals surface area (Å²) in [6.07, 6.45) is 2.91. The summed E-state index contributed by atoms with van der Waals surface area (Å²) in [5.74, 6) is -0.334. The molecule has 0 unspecified atom stereocenters. The molecule has 1 aliphatic rings. The van der Waals surface area contributed by atoms with Crippen molar-refractivity contribution in [1.82, 2.24) is 5.32 Å². The molecule has 1 aliphatic carbocycles. The Kier molecular flexibility index (Phi) is 3.83. The molecule has 0 saturated heterocycles. The lowest BCUT2D eigenvalue weighted by Crippen LogP contribution is -2.50. The first-order valence-electron chi connectivity index (χ1n) is 6.28. The summed E-state index contributed by atoms with van der Waals surface area (Å²) >= 11 is 5.99. The number of carbonyl (C=O) groups excluding carboxylic acids is 1. The van der Waals surface area contributed by atoms with Gasteiger partial charge in [-0.05, 0) is 50.8 Å². The average Bonchev–Trinajstić information content (AvgIpc) is 2.28. The summed E-state index contributed by atoms with van der Waals surface area (Å²) in [6.45, 7) is 3.52. The molecule has 1 aromatic rings. The Morgan fingerprint density at radius 3 is 2.45 bits per heavy atom. The number of primary sulfonamides is 1. The number of nitrogens with two attached hydrogens (primary N) is 1. The van der Waals surface area contributed by atoms with E-state index in [1.165, 1.54) is 12.1 Å². The number of nitrogens with one attached hydrogen (secondary N) is 1. The average molecular weight is 317 g/mol. The standard InChI is InChI=1S/C13H17ClN2O3S/c1-8-10(14)6-9(7-11(8)20(15,18)19)12(17)16-13(2)4-3-5-13/h6-7H,3-5H2,1-2H3,(H,16,17)(H2,15,18,19). The van der Waals surface area contributed by atoms with Crippen molar-refractivity contribution >= 4 is 27.5 Å². The molecule has 5 nitrogen and oxygen atoms in total. The maximum absolute atomic E-state index is 12.2. The van der Waals surface area contributed by atoms with E-state index in [0.717, 1.165) is 19.3 Å². The topological polar surface area (TPSA) is 89.3 Å². The zero-order valence-electron chi connectivity index (χ0n) is 11.4. The molecule has 7 heteroatoms. The Morgan fingerprint density at radius 1 is 1.40 bits per heavy atom. The quantitative estimate of drug-likeness (QED) is 0.893. The summed E-state index contributed by atoms with van der Waals surface area (Å²) in [5, 5.41) is 8.25. The minimum atomic E-state index is -3.91. The van der Waals surface area contributed by atoms with Crippen LogP contribution in [-0.4, -0.2) is 19.9 Å². The summed E-state index contributed by atoms with van der Waals surface area (Å²) < 4.78 is 23.0. The normalized spacial score (nSPS) is 17.4. The van der Waals surface area contributed by atoms with Crippen LogP contribution in [0.4, 0.5) is 0 Å². The van der Waals surface area contributed by atoms with Gasteiger partial charge in [0.15, 0.2) is 0 Å². The fourth-order valence-corrected chi connectivity index (χ4v) is 3.36. The molecule has 110 valence electrons. The molecule has 0 aliphatic heterocycles. The molecule has 0 bridgehead atoms. The van der Waals surface area contributed by atoms with E-state index in [1.807, 2.05) is 6.92 Å². The summed E-state index contributed by atoms with van der Waals surface area (Å²) in [4.78, 5) is 12.1. The Balaban J connectivity index is 2.38. The number of hydrogen-bond donors (Lipinski definition) is 2. The third-order valence-corrected chi connectivity index (χ3v) is 5.17. The maximum Gasteiger partial charge on any atom is 0.251 e. The van der Waals surface area contributed by atoms with Crippen molar-refractivity contribution in [3.8, 4) is 0 Å². The SMILES string of the molecule is Cc1c(Cl)cc(C(=O)NC2(C)CCC2)cc1S(N)(=O)=O. The second kappa shape index (κ2) is 5.02. The van der Waals surface area contributed by atoms with Gasteiger partial charge in [-0.2, -0.15) is 0 Å². The second-order valence-corrected chi connectivity index (χ2v) is 7.43. The number of amides is 1. The van der Waals surface area contributed by atoms with Crippen LogP contribution in [0.5, 0.6) is 0 Å². The number of halogens is 1. The monoisotopic (exact) mass is 316 g/mol. The second-order valence-electron chi connectivity index (χ2n) is 5.49. The van der Waals surface area contributed by atoms with Crippen LogP contribution < -0.4 is 10.5 Å². The fourth-order valence-electron chi connectivity index (χ4n) is 2.26. The van der Waals surface area contributed by atoms with Crippen LogP contribution in [0.3, 0.4) is 0 Å². The van der Waals surface area contributed by atoms with E-state index in [0.29, 0.717) is 5.56 Å². The predicted molar refractivity (Wildman–Crippen MR) is 77.3 cm³/mol. The lowest BCUT2D eigenvalue weighted by atomic mass is 9.78. The van der Waals surface area contributed by atoms with Gasteiger partial charge in [-0.15, -0.1) is 0 Å². The summed E-state index contributed by atoms with van der Waals surface area (Å²) in [7, 11) is -3.91. The fraction of sp³-hybridized carbons (Fsp3) is 0.462. The molecule has 1 saturated carbocycles. The highest BCUT2D eigenvalue weighted by atomic mass is 35.5. The van der Waals surface area contributed by atoms with E-state index in [1.54, 1.807) is 6.92 Å². The lowest BCUT2D eigenvalue weighted by Gasteiger charge is -2.39. The van der Waals surface area contributed by atoms with Gasteiger partial charge in [-0.3, -0.25) is 4.79 Å². The van der Waals surface area contributed by atoms with Crippen molar-refractivity contribution in [2.75, 3.05) is 0 Å². The molecule has 3 N–H and O–H groups in total. The molecule has 2 rings (SSSR count). The molecule has 0 radical (unpaired) electrons. The highest BCUT2D eigenvalue weighted by Crippen LogP contribution is 2.32. The van der Waals surface area contributed by atoms with Gasteiger partial charge in [-0.25, -0.2) is 13.6 Å². The smallest absolute Gasteiger partial charge is 0.251 e. The van der Waals surface area contributed by atoms with Crippen molar-refractivity contribution in [3.05, 3.63) is 28.3 Å². The first-order chi connectivity index (χ1) is 9.12. The van der Waals surface area contributed by atoms with E-state index in [-0.39, 0.29) is 26.9 Å². The van der Waals surface area contributed by atoms with E-state index in [4.69, 9.17) is 16.7 Å². The third-order valence-electron chi connectivity index (χ3n) is 3.74. The van der Waals surface area contributed by atoms with E-state index < -0.39 is 10.0 Å². The molecule has 0 spiro atoms. The van der Waals surface area contributed by atoms with Crippen LogP contribution >= 0.6 is 11.6 Å². The predicted octanol–water partition coefficient (Wildman–Crippen LogP) is 1.97. The molecule has 0 atom stereocenters. The Morgan fingerprint density at radius 2 is 2.00 bits per heavy atom. The Bertz CT molecular complexity index is 666. The Labute approximate surface area is 123 Å². The molecular formula is C13H17ClN2O3S. The highest BCUT2D eigenvalue weighted by molar-refractivity contribution is 7.89. The van der Waals surface area contributed by atoms with E-state index >= 15 is 0 Å². The van der Waals surface area contributed by atoms with Gasteiger partial charge in [0.05, 0.1) is 4.90 Å².